The van der Waals surface area contributed by atoms with Crippen LogP contribution in [0.2, 0.25) is 0 Å². The summed E-state index contributed by atoms with van der Waals surface area (Å²) in [6.45, 7) is 3.58. The summed E-state index contributed by atoms with van der Waals surface area (Å²) in [4.78, 5) is 25.9. The van der Waals surface area contributed by atoms with Crippen LogP contribution in [0.25, 0.3) is 10.6 Å². The second kappa shape index (κ2) is 11.1. The number of nitrogens with one attached hydrogen (secondary N) is 1. The molecule has 11 heteroatoms. The lowest BCUT2D eigenvalue weighted by atomic mass is 9.98. The van der Waals surface area contributed by atoms with E-state index in [-0.39, 0.29) is 17.3 Å². The molecule has 0 bridgehead atoms. The van der Waals surface area contributed by atoms with Crippen LogP contribution in [0.3, 0.4) is 0 Å². The summed E-state index contributed by atoms with van der Waals surface area (Å²) in [5, 5.41) is 10.8. The van der Waals surface area contributed by atoms with Gasteiger partial charge in [0.2, 0.25) is 0 Å². The van der Waals surface area contributed by atoms with Gasteiger partial charge in [-0.2, -0.15) is 13.2 Å². The number of carbonyl (C=O) groups excluding carboxylic acids is 1. The van der Waals surface area contributed by atoms with Crippen molar-refractivity contribution in [1.82, 2.24) is 10.3 Å². The van der Waals surface area contributed by atoms with E-state index in [1.54, 1.807) is 43.3 Å². The highest BCUT2D eigenvalue weighted by molar-refractivity contribution is 7.15. The minimum Gasteiger partial charge on any atom is -0.398 e. The molecule has 3 rings (SSSR count). The number of benzene rings is 2. The molecule has 1 heterocycles. The molecule has 0 saturated heterocycles. The maximum absolute atomic E-state index is 13.0. The Bertz CT molecular complexity index is 1270. The Hall–Kier alpha value is -3.73. The molecule has 0 spiro atoms. The number of rotatable bonds is 8. The van der Waals surface area contributed by atoms with Crippen molar-refractivity contribution in [3.63, 3.8) is 0 Å². The maximum atomic E-state index is 13.0. The van der Waals surface area contributed by atoms with E-state index in [4.69, 9.17) is 9.68 Å². The lowest BCUT2D eigenvalue weighted by Gasteiger charge is -2.13. The number of likely N-dealkylation sites (N-methyl/N-ethyl adjacent to an activating group) is 1. The van der Waals surface area contributed by atoms with Crippen molar-refractivity contribution in [1.29, 1.82) is 0 Å². The number of halogens is 3. The van der Waals surface area contributed by atoms with Crippen LogP contribution in [-0.2, 0) is 27.3 Å². The normalized spacial score (nSPS) is 12.4. The van der Waals surface area contributed by atoms with Crippen molar-refractivity contribution >= 4 is 28.7 Å². The van der Waals surface area contributed by atoms with Crippen LogP contribution in [0.15, 0.2) is 59.0 Å². The number of hydrogen-bond acceptors (Lipinski definition) is 7. The van der Waals surface area contributed by atoms with Crippen LogP contribution in [0.5, 0.6) is 0 Å². The van der Waals surface area contributed by atoms with Crippen LogP contribution in [-0.4, -0.2) is 36.5 Å². The molecule has 0 radical (unpaired) electrons. The largest absolute Gasteiger partial charge is 0.427 e. The number of carbonyl (C=O) groups is 1. The lowest BCUT2D eigenvalue weighted by Crippen LogP contribution is -2.29. The zero-order chi connectivity index (χ0) is 25.6. The molecule has 35 heavy (non-hydrogen) atoms. The molecular formula is C24H23F3N4O3S. The van der Waals surface area contributed by atoms with Crippen LogP contribution in [0, 0.1) is 6.92 Å². The van der Waals surface area contributed by atoms with E-state index >= 15 is 0 Å². The van der Waals surface area contributed by atoms with Crippen molar-refractivity contribution in [2.45, 2.75) is 26.6 Å². The fraction of sp³-hybridized carbons (Fsp3) is 0.250. The fourth-order valence-corrected chi connectivity index (χ4v) is 4.12. The van der Waals surface area contributed by atoms with Crippen molar-refractivity contribution in [2.24, 2.45) is 10.3 Å². The highest BCUT2D eigenvalue weighted by Crippen LogP contribution is 2.37. The molecule has 0 aliphatic heterocycles. The fourth-order valence-electron chi connectivity index (χ4n) is 3.30. The van der Waals surface area contributed by atoms with E-state index in [0.29, 0.717) is 39.3 Å². The van der Waals surface area contributed by atoms with Gasteiger partial charge in [-0.3, -0.25) is 4.79 Å². The van der Waals surface area contributed by atoms with Gasteiger partial charge in [-0.05, 0) is 19.4 Å². The maximum Gasteiger partial charge on any atom is 0.427 e. The SMILES string of the molecule is CNC(=O)/C(=N/OC)c1cccc(C)c1CO/N=C(\C)c1ccccc1-c1ncc(C(F)(F)F)s1. The average Bonchev–Trinajstić information content (AvgIpc) is 3.34. The monoisotopic (exact) mass is 504 g/mol. The van der Waals surface area contributed by atoms with E-state index < -0.39 is 17.0 Å². The number of thiazole rings is 1. The molecule has 0 aliphatic rings. The third kappa shape index (κ3) is 6.04. The lowest BCUT2D eigenvalue weighted by molar-refractivity contribution is -0.134. The Morgan fingerprint density at radius 3 is 2.49 bits per heavy atom. The topological polar surface area (TPSA) is 85.2 Å². The molecule has 1 amide bonds. The quantitative estimate of drug-likeness (QED) is 0.339. The highest BCUT2D eigenvalue weighted by atomic mass is 32.1. The first kappa shape index (κ1) is 25.9. The van der Waals surface area contributed by atoms with Crippen LogP contribution < -0.4 is 5.32 Å². The van der Waals surface area contributed by atoms with Crippen molar-refractivity contribution < 1.29 is 27.6 Å². The van der Waals surface area contributed by atoms with Crippen LogP contribution in [0.1, 0.15) is 34.1 Å². The van der Waals surface area contributed by atoms with Gasteiger partial charge >= 0.3 is 6.18 Å². The number of oxime groups is 2. The summed E-state index contributed by atoms with van der Waals surface area (Å²) in [5.74, 6) is -0.422. The number of amides is 1. The molecule has 0 aliphatic carbocycles. The third-order valence-corrected chi connectivity index (χ3v) is 6.11. The van der Waals surface area contributed by atoms with Gasteiger partial charge in [-0.1, -0.05) is 52.8 Å². The summed E-state index contributed by atoms with van der Waals surface area (Å²) in [7, 11) is 2.84. The number of aromatic nitrogens is 1. The van der Waals surface area contributed by atoms with Crippen molar-refractivity contribution in [3.8, 4) is 10.6 Å². The summed E-state index contributed by atoms with van der Waals surface area (Å²) < 4.78 is 39.1. The molecule has 3 aromatic rings. The molecule has 1 aromatic heterocycles. The Labute approximate surface area is 204 Å². The molecule has 0 fully saturated rings. The molecule has 184 valence electrons. The summed E-state index contributed by atoms with van der Waals surface area (Å²) in [5.41, 5.74) is 3.72. The molecular weight excluding hydrogens is 481 g/mol. The second-order valence-corrected chi connectivity index (χ2v) is 8.36. The summed E-state index contributed by atoms with van der Waals surface area (Å²) in [6, 6.07) is 12.3. The minimum absolute atomic E-state index is 0.0245. The molecule has 7 nitrogen and oxygen atoms in total. The number of hydrogen-bond donors (Lipinski definition) is 1. The van der Waals surface area contributed by atoms with Gasteiger partial charge < -0.3 is 15.0 Å². The molecule has 2 aromatic carbocycles. The van der Waals surface area contributed by atoms with E-state index in [0.717, 1.165) is 11.8 Å². The van der Waals surface area contributed by atoms with Gasteiger partial charge in [0.25, 0.3) is 5.91 Å². The first-order valence-electron chi connectivity index (χ1n) is 10.4. The predicted molar refractivity (Wildman–Crippen MR) is 128 cm³/mol. The highest BCUT2D eigenvalue weighted by Gasteiger charge is 2.33. The van der Waals surface area contributed by atoms with Gasteiger partial charge in [0.15, 0.2) is 5.71 Å². The molecule has 0 saturated carbocycles. The number of nitrogens with zero attached hydrogens (tertiary/aromatic N) is 3. The van der Waals surface area contributed by atoms with Gasteiger partial charge in [-0.15, -0.1) is 11.3 Å². The van der Waals surface area contributed by atoms with Crippen LogP contribution in [0.4, 0.5) is 13.2 Å². The number of aryl methyl sites for hydroxylation is 1. The van der Waals surface area contributed by atoms with Gasteiger partial charge in [0, 0.05) is 29.3 Å². The average molecular weight is 505 g/mol. The van der Waals surface area contributed by atoms with E-state index in [1.807, 2.05) is 13.0 Å². The zero-order valence-electron chi connectivity index (χ0n) is 19.4. The summed E-state index contributed by atoms with van der Waals surface area (Å²) >= 11 is 0.567. The van der Waals surface area contributed by atoms with Crippen molar-refractivity contribution in [3.05, 3.63) is 75.8 Å². The Balaban J connectivity index is 1.88. The van der Waals surface area contributed by atoms with E-state index in [2.05, 4.69) is 20.6 Å². The molecule has 1 N–H and O–H groups in total. The number of alkyl halides is 3. The molecule has 0 atom stereocenters. The third-order valence-electron chi connectivity index (χ3n) is 5.03. The molecule has 0 unspecified atom stereocenters. The first-order chi connectivity index (χ1) is 16.7. The van der Waals surface area contributed by atoms with Gasteiger partial charge in [0.1, 0.15) is 23.6 Å². The Kier molecular flexibility index (Phi) is 8.23. The second-order valence-electron chi connectivity index (χ2n) is 7.33. The Morgan fingerprint density at radius 2 is 1.83 bits per heavy atom. The smallest absolute Gasteiger partial charge is 0.398 e. The predicted octanol–water partition coefficient (Wildman–Crippen LogP) is 5.17. The minimum atomic E-state index is -4.46. The standard InChI is InChI=1S/C24H23F3N4O3S/c1-14-8-7-11-17(21(31-33-4)22(32)28-3)19(14)13-34-30-15(2)16-9-5-6-10-18(16)23-29-12-20(35-23)24(25,26)27/h5-12H,13H2,1-4H3,(H,28,32)/b30-15+,31-21+. The van der Waals surface area contributed by atoms with Crippen molar-refractivity contribution in [2.75, 3.05) is 14.2 Å². The van der Waals surface area contributed by atoms with Gasteiger partial charge in [0.05, 0.1) is 11.9 Å². The Morgan fingerprint density at radius 1 is 1.11 bits per heavy atom. The van der Waals surface area contributed by atoms with Crippen LogP contribution >= 0.6 is 11.3 Å². The van der Waals surface area contributed by atoms with Gasteiger partial charge in [-0.25, -0.2) is 4.98 Å². The van der Waals surface area contributed by atoms with E-state index in [1.165, 1.54) is 14.2 Å². The summed E-state index contributed by atoms with van der Waals surface area (Å²) in [6.07, 6.45) is -3.63. The van der Waals surface area contributed by atoms with E-state index in [9.17, 15) is 18.0 Å². The first-order valence-corrected chi connectivity index (χ1v) is 11.2. The zero-order valence-corrected chi connectivity index (χ0v) is 20.3.